The maximum absolute atomic E-state index is 13.9. The Bertz CT molecular complexity index is 1070. The van der Waals surface area contributed by atoms with E-state index in [1.54, 1.807) is 30.9 Å². The van der Waals surface area contributed by atoms with Crippen LogP contribution in [0.25, 0.3) is 0 Å². The minimum absolute atomic E-state index is 0.140. The molecular weight excluding hydrogens is 438 g/mol. The average Bonchev–Trinajstić information content (AvgIpc) is 3.04. The van der Waals surface area contributed by atoms with Gasteiger partial charge < -0.3 is 4.90 Å². The molecule has 3 heterocycles. The number of allylic oxidation sites excluding steroid dienone is 3. The van der Waals surface area contributed by atoms with Crippen molar-refractivity contribution in [2.75, 3.05) is 0 Å². The molecule has 30 heavy (non-hydrogen) atoms. The lowest BCUT2D eigenvalue weighted by Gasteiger charge is -2.61. The first-order chi connectivity index (χ1) is 13.8. The largest absolute Gasteiger partial charge is 0.313 e. The number of aromatic nitrogens is 2. The summed E-state index contributed by atoms with van der Waals surface area (Å²) in [7, 11) is -3.81. The van der Waals surface area contributed by atoms with E-state index in [4.69, 9.17) is 12.2 Å². The predicted octanol–water partition coefficient (Wildman–Crippen LogP) is 4.31. The van der Waals surface area contributed by atoms with E-state index in [1.165, 1.54) is 11.3 Å². The lowest BCUT2D eigenvalue weighted by Crippen LogP contribution is -2.73. The highest BCUT2D eigenvalue weighted by Crippen LogP contribution is 2.58. The highest BCUT2D eigenvalue weighted by molar-refractivity contribution is 7.93. The fourth-order valence-electron chi connectivity index (χ4n) is 4.36. The summed E-state index contributed by atoms with van der Waals surface area (Å²) in [6.45, 7) is 16.6. The number of nitrogens with zero attached hydrogens (tertiary/aromatic N) is 3. The predicted molar refractivity (Wildman–Crippen MR) is 124 cm³/mol. The third-order valence-corrected chi connectivity index (χ3v) is 9.85. The van der Waals surface area contributed by atoms with Crippen LogP contribution in [-0.4, -0.2) is 39.7 Å². The highest BCUT2D eigenvalue weighted by Gasteiger charge is 2.68. The molecule has 162 valence electrons. The van der Waals surface area contributed by atoms with E-state index in [0.29, 0.717) is 39.1 Å². The number of carbonyl (C=O) groups is 1. The second kappa shape index (κ2) is 7.46. The van der Waals surface area contributed by atoms with E-state index >= 15 is 0 Å². The molecule has 1 aromatic heterocycles. The van der Waals surface area contributed by atoms with E-state index in [9.17, 15) is 13.2 Å². The van der Waals surface area contributed by atoms with Crippen LogP contribution in [0.1, 0.15) is 55.8 Å². The molecule has 0 amide bonds. The summed E-state index contributed by atoms with van der Waals surface area (Å²) >= 11 is 6.97. The number of sulfone groups is 1. The topological polar surface area (TPSA) is 80.2 Å². The third kappa shape index (κ3) is 3.13. The van der Waals surface area contributed by atoms with Gasteiger partial charge in [-0.15, -0.1) is 34.7 Å². The van der Waals surface area contributed by atoms with Crippen LogP contribution >= 0.6 is 23.6 Å². The van der Waals surface area contributed by atoms with Crippen LogP contribution in [0.2, 0.25) is 0 Å². The summed E-state index contributed by atoms with van der Waals surface area (Å²) in [6, 6.07) is 0. The second-order valence-electron chi connectivity index (χ2n) is 8.91. The maximum atomic E-state index is 13.9. The van der Waals surface area contributed by atoms with Gasteiger partial charge in [-0.25, -0.2) is 8.42 Å². The lowest BCUT2D eigenvalue weighted by molar-refractivity contribution is -0.124. The van der Waals surface area contributed by atoms with Crippen LogP contribution in [0, 0.1) is 17.8 Å². The molecule has 1 unspecified atom stereocenters. The van der Waals surface area contributed by atoms with E-state index in [2.05, 4.69) is 23.4 Å². The van der Waals surface area contributed by atoms with Crippen molar-refractivity contribution in [3.63, 3.8) is 0 Å². The van der Waals surface area contributed by atoms with Gasteiger partial charge in [0.2, 0.25) is 0 Å². The van der Waals surface area contributed by atoms with Crippen LogP contribution in [-0.2, 0) is 14.6 Å². The molecule has 0 spiro atoms. The van der Waals surface area contributed by atoms with Crippen molar-refractivity contribution in [2.45, 2.75) is 58.1 Å². The molecule has 2 aliphatic heterocycles. The summed E-state index contributed by atoms with van der Waals surface area (Å²) < 4.78 is 27.9. The van der Waals surface area contributed by atoms with Crippen molar-refractivity contribution in [3.8, 4) is 0 Å². The zero-order valence-corrected chi connectivity index (χ0v) is 20.4. The number of hydrogen-bond donors (Lipinski definition) is 0. The molecule has 6 nitrogen and oxygen atoms in total. The third-order valence-electron chi connectivity index (χ3n) is 5.68. The van der Waals surface area contributed by atoms with Crippen molar-refractivity contribution in [2.24, 2.45) is 10.8 Å². The Morgan fingerprint density at radius 3 is 2.23 bits per heavy atom. The molecule has 1 saturated heterocycles. The van der Waals surface area contributed by atoms with Crippen molar-refractivity contribution < 1.29 is 13.2 Å². The maximum Gasteiger partial charge on any atom is 0.186 e. The number of ketones is 1. The van der Waals surface area contributed by atoms with Crippen molar-refractivity contribution >= 4 is 44.2 Å². The van der Waals surface area contributed by atoms with Crippen molar-refractivity contribution in [1.29, 1.82) is 0 Å². The Labute approximate surface area is 187 Å². The zero-order valence-electron chi connectivity index (χ0n) is 17.9. The molecule has 0 aliphatic carbocycles. The Morgan fingerprint density at radius 1 is 1.23 bits per heavy atom. The monoisotopic (exact) mass is 465 g/mol. The SMILES string of the molecule is C=CCC1(CC=C)C(=S)N2C(C(=O)C(C)(C)C)=C(C)C(c3nnc(C)s3)S(=O)(=O)[C@@H]21. The second-order valence-corrected chi connectivity index (χ2v) is 12.6. The quantitative estimate of drug-likeness (QED) is 0.457. The van der Waals surface area contributed by atoms with Crippen molar-refractivity contribution in [1.82, 2.24) is 15.1 Å². The minimum atomic E-state index is -3.81. The van der Waals surface area contributed by atoms with Gasteiger partial charge in [-0.1, -0.05) is 45.1 Å². The van der Waals surface area contributed by atoms with Gasteiger partial charge in [-0.3, -0.25) is 4.79 Å². The number of Topliss-reactive ketones (excluding diaryl/α,β-unsaturated/α-hetero) is 1. The molecule has 1 aromatic rings. The van der Waals surface area contributed by atoms with Crippen molar-refractivity contribution in [3.05, 3.63) is 46.6 Å². The van der Waals surface area contributed by atoms with E-state index in [1.807, 2.05) is 20.8 Å². The standard InChI is InChI=1S/C21H27N3O3S3/c1-8-10-21(11-9-2)18(28)24-14(16(25)20(5,6)7)12(3)15(30(26,27)19(21)24)17-23-22-13(4)29-17/h8-9,15,19H,1-2,10-11H2,3-7H3/t15?,19-/m1/s1. The number of fused-ring (bicyclic) bond motifs is 1. The number of aryl methyl sites for hydroxylation is 1. The van der Waals surface area contributed by atoms with Gasteiger partial charge >= 0.3 is 0 Å². The lowest BCUT2D eigenvalue weighted by atomic mass is 9.71. The van der Waals surface area contributed by atoms with Crippen LogP contribution in [0.3, 0.4) is 0 Å². The van der Waals surface area contributed by atoms with Crippen LogP contribution < -0.4 is 0 Å². The van der Waals surface area contributed by atoms with Crippen LogP contribution in [0.4, 0.5) is 0 Å². The van der Waals surface area contributed by atoms with Gasteiger partial charge in [0.1, 0.15) is 20.6 Å². The van der Waals surface area contributed by atoms with Crippen LogP contribution in [0.15, 0.2) is 36.6 Å². The molecule has 0 saturated carbocycles. The summed E-state index contributed by atoms with van der Waals surface area (Å²) in [5.74, 6) is -0.140. The van der Waals surface area contributed by atoms with Gasteiger partial charge in [0.05, 0.1) is 16.1 Å². The Balaban J connectivity index is 2.33. The fourth-order valence-corrected chi connectivity index (χ4v) is 8.91. The Morgan fingerprint density at radius 2 is 1.80 bits per heavy atom. The average molecular weight is 466 g/mol. The first-order valence-corrected chi connectivity index (χ1v) is 12.5. The summed E-state index contributed by atoms with van der Waals surface area (Å²) in [5, 5.41) is 7.22. The molecule has 0 radical (unpaired) electrons. The first-order valence-electron chi connectivity index (χ1n) is 9.68. The molecule has 1 fully saturated rings. The summed E-state index contributed by atoms with van der Waals surface area (Å²) in [5.41, 5.74) is -0.724. The van der Waals surface area contributed by atoms with Crippen LogP contribution in [0.5, 0.6) is 0 Å². The van der Waals surface area contributed by atoms with Gasteiger partial charge in [-0.05, 0) is 32.3 Å². The molecule has 2 aliphatic rings. The number of rotatable bonds is 6. The number of hydrogen-bond acceptors (Lipinski definition) is 7. The molecular formula is C21H27N3O3S3. The molecule has 0 bridgehead atoms. The van der Waals surface area contributed by atoms with E-state index in [0.717, 1.165) is 0 Å². The smallest absolute Gasteiger partial charge is 0.186 e. The highest BCUT2D eigenvalue weighted by atomic mass is 32.2. The molecule has 3 rings (SSSR count). The molecule has 9 heteroatoms. The Hall–Kier alpha value is -1.71. The molecule has 0 N–H and O–H groups in total. The van der Waals surface area contributed by atoms with E-state index in [-0.39, 0.29) is 5.78 Å². The number of carbonyl (C=O) groups excluding carboxylic acids is 1. The van der Waals surface area contributed by atoms with Gasteiger partial charge in [0, 0.05) is 5.41 Å². The first kappa shape index (κ1) is 23.0. The number of thiocarbonyl (C=S) groups is 1. The normalized spacial score (nSPS) is 24.8. The summed E-state index contributed by atoms with van der Waals surface area (Å²) in [6.07, 6.45) is 4.14. The van der Waals surface area contributed by atoms with E-state index < -0.39 is 31.3 Å². The fraction of sp³-hybridized carbons (Fsp3) is 0.524. The molecule has 2 atom stereocenters. The Kier molecular flexibility index (Phi) is 5.71. The minimum Gasteiger partial charge on any atom is -0.313 e. The zero-order chi connectivity index (χ0) is 22.6. The van der Waals surface area contributed by atoms with Gasteiger partial charge in [-0.2, -0.15) is 0 Å². The van der Waals surface area contributed by atoms with Gasteiger partial charge in [0.25, 0.3) is 0 Å². The molecule has 0 aromatic carbocycles. The van der Waals surface area contributed by atoms with Gasteiger partial charge in [0.15, 0.2) is 15.6 Å². The summed E-state index contributed by atoms with van der Waals surface area (Å²) in [4.78, 5) is 15.5.